The third-order valence-corrected chi connectivity index (χ3v) is 5.15. The molecule has 0 bridgehead atoms. The summed E-state index contributed by atoms with van der Waals surface area (Å²) in [5.74, 6) is -0.415. The van der Waals surface area contributed by atoms with Crippen LogP contribution < -0.4 is 11.1 Å². The number of hydrogen-bond donors (Lipinski definition) is 0. The maximum absolute atomic E-state index is 13.1. The largest absolute Gasteiger partial charge is 0.320 e. The van der Waals surface area contributed by atoms with Crippen molar-refractivity contribution in [3.8, 4) is 11.4 Å². The number of benzene rings is 2. The molecule has 4 aromatic rings. The van der Waals surface area contributed by atoms with Crippen LogP contribution in [0.5, 0.6) is 0 Å². The molecule has 0 aliphatic rings. The van der Waals surface area contributed by atoms with Gasteiger partial charge in [0.25, 0.3) is 0 Å². The Hall–Kier alpha value is -3.46. The van der Waals surface area contributed by atoms with Gasteiger partial charge in [0.2, 0.25) is 0 Å². The minimum atomic E-state index is -0.723. The Labute approximate surface area is 169 Å². The van der Waals surface area contributed by atoms with Gasteiger partial charge in [-0.2, -0.15) is 0 Å². The van der Waals surface area contributed by atoms with E-state index in [1.807, 2.05) is 30.5 Å². The van der Waals surface area contributed by atoms with Crippen LogP contribution in [0.3, 0.4) is 0 Å². The second-order valence-electron chi connectivity index (χ2n) is 6.21. The van der Waals surface area contributed by atoms with E-state index in [0.29, 0.717) is 11.4 Å². The molecule has 4 rings (SSSR count). The lowest BCUT2D eigenvalue weighted by molar-refractivity contribution is 0.627. The van der Waals surface area contributed by atoms with Crippen molar-refractivity contribution >= 4 is 11.8 Å². The van der Waals surface area contributed by atoms with Gasteiger partial charge in [0, 0.05) is 23.0 Å². The number of thioether (sulfide) groups is 1. The quantitative estimate of drug-likeness (QED) is 0.374. The third kappa shape index (κ3) is 3.77. The molecule has 0 atom stereocenters. The summed E-state index contributed by atoms with van der Waals surface area (Å²) in [4.78, 5) is 26.0. The molecule has 0 N–H and O–H groups in total. The summed E-state index contributed by atoms with van der Waals surface area (Å²) in [7, 11) is 0. The molecule has 9 heteroatoms. The topological polar surface area (TPSA) is 74.7 Å². The summed E-state index contributed by atoms with van der Waals surface area (Å²) < 4.78 is 17.2. The Morgan fingerprint density at radius 2 is 1.76 bits per heavy atom. The molecule has 7 nitrogen and oxygen atoms in total. The number of halogens is 1. The van der Waals surface area contributed by atoms with E-state index in [-0.39, 0.29) is 6.54 Å². The van der Waals surface area contributed by atoms with E-state index in [1.165, 1.54) is 45.8 Å². The van der Waals surface area contributed by atoms with Crippen LogP contribution in [-0.2, 0) is 6.54 Å². The maximum Gasteiger partial charge on any atom is 0.320 e. The minimum Gasteiger partial charge on any atom is -0.303 e. The summed E-state index contributed by atoms with van der Waals surface area (Å²) in [5, 5.41) is 8.25. The van der Waals surface area contributed by atoms with Crippen molar-refractivity contribution in [3.05, 3.63) is 99.3 Å². The first-order valence-electron chi connectivity index (χ1n) is 8.69. The number of para-hydroxylation sites is 1. The van der Waals surface area contributed by atoms with E-state index < -0.39 is 16.9 Å². The second-order valence-corrected chi connectivity index (χ2v) is 7.06. The molecule has 2 heterocycles. The first kappa shape index (κ1) is 18.9. The molecule has 0 aliphatic heterocycles. The van der Waals surface area contributed by atoms with Crippen LogP contribution in [0.15, 0.2) is 81.6 Å². The highest BCUT2D eigenvalue weighted by Gasteiger charge is 2.11. The highest BCUT2D eigenvalue weighted by Crippen LogP contribution is 2.22. The van der Waals surface area contributed by atoms with Gasteiger partial charge in [0.15, 0.2) is 0 Å². The predicted octanol–water partition coefficient (Wildman–Crippen LogP) is 2.49. The first-order valence-corrected chi connectivity index (χ1v) is 9.92. The molecule has 0 saturated carbocycles. The van der Waals surface area contributed by atoms with Crippen molar-refractivity contribution in [1.82, 2.24) is 24.1 Å². The van der Waals surface area contributed by atoms with Crippen LogP contribution in [0.25, 0.3) is 11.4 Å². The van der Waals surface area contributed by atoms with Crippen LogP contribution in [0.1, 0.15) is 5.69 Å². The lowest BCUT2D eigenvalue weighted by Crippen LogP contribution is -2.40. The molecule has 2 aromatic heterocycles. The lowest BCUT2D eigenvalue weighted by atomic mass is 10.3. The normalized spacial score (nSPS) is 11.0. The minimum absolute atomic E-state index is 0.111. The van der Waals surface area contributed by atoms with Gasteiger partial charge >= 0.3 is 11.1 Å². The van der Waals surface area contributed by atoms with Crippen molar-refractivity contribution < 1.29 is 4.39 Å². The molecule has 0 aliphatic carbocycles. The maximum atomic E-state index is 13.1. The molecular formula is C20H16FN5O2S. The Kier molecular flexibility index (Phi) is 5.13. The van der Waals surface area contributed by atoms with Gasteiger partial charge in [-0.05, 0) is 42.7 Å². The van der Waals surface area contributed by atoms with E-state index in [0.717, 1.165) is 10.6 Å². The zero-order valence-corrected chi connectivity index (χ0v) is 16.2. The van der Waals surface area contributed by atoms with E-state index in [9.17, 15) is 14.0 Å². The molecule has 0 saturated heterocycles. The van der Waals surface area contributed by atoms with Crippen molar-refractivity contribution in [1.29, 1.82) is 0 Å². The van der Waals surface area contributed by atoms with E-state index in [2.05, 4.69) is 10.3 Å². The Morgan fingerprint density at radius 1 is 1.00 bits per heavy atom. The van der Waals surface area contributed by atoms with Crippen LogP contribution in [0.4, 0.5) is 4.39 Å². The molecule has 2 aromatic carbocycles. The molecule has 0 unspecified atom stereocenters. The van der Waals surface area contributed by atoms with Crippen molar-refractivity contribution in [2.45, 2.75) is 11.4 Å². The molecule has 0 radical (unpaired) electrons. The monoisotopic (exact) mass is 409 g/mol. The number of hydrogen-bond acceptors (Lipinski definition) is 5. The van der Waals surface area contributed by atoms with E-state index >= 15 is 0 Å². The molecular weight excluding hydrogens is 393 g/mol. The molecule has 0 amide bonds. The zero-order chi connectivity index (χ0) is 20.4. The van der Waals surface area contributed by atoms with Crippen LogP contribution >= 0.6 is 11.8 Å². The SMILES string of the molecule is CSc1ccccc1-n1cc(Cn2ccn(-c3ccc(F)cc3)c(=O)c2=O)nn1. The van der Waals surface area contributed by atoms with Crippen LogP contribution in [0.2, 0.25) is 0 Å². The smallest absolute Gasteiger partial charge is 0.303 e. The number of nitrogens with zero attached hydrogens (tertiary/aromatic N) is 5. The number of rotatable bonds is 5. The highest BCUT2D eigenvalue weighted by atomic mass is 32.2. The van der Waals surface area contributed by atoms with Gasteiger partial charge < -0.3 is 4.57 Å². The highest BCUT2D eigenvalue weighted by molar-refractivity contribution is 7.98. The summed E-state index contributed by atoms with van der Waals surface area (Å²) in [6.07, 6.45) is 6.69. The van der Waals surface area contributed by atoms with Gasteiger partial charge in [0.05, 0.1) is 18.4 Å². The van der Waals surface area contributed by atoms with Gasteiger partial charge in [0.1, 0.15) is 11.5 Å². The second kappa shape index (κ2) is 7.88. The molecule has 146 valence electrons. The standard InChI is InChI=1S/C20H16FN5O2S/c1-29-18-5-3-2-4-17(18)26-13-15(22-23-26)12-24-10-11-25(20(28)19(24)27)16-8-6-14(21)7-9-16/h2-11,13H,12H2,1H3. The van der Waals surface area contributed by atoms with Gasteiger partial charge in [-0.25, -0.2) is 9.07 Å². The average Bonchev–Trinajstić information content (AvgIpc) is 3.21. The first-order chi connectivity index (χ1) is 14.1. The lowest BCUT2D eigenvalue weighted by Gasteiger charge is -2.08. The van der Waals surface area contributed by atoms with Gasteiger partial charge in [-0.3, -0.25) is 14.2 Å². The fourth-order valence-electron chi connectivity index (χ4n) is 2.92. The Morgan fingerprint density at radius 3 is 2.52 bits per heavy atom. The Bertz CT molecular complexity index is 1280. The summed E-state index contributed by atoms with van der Waals surface area (Å²) in [5.41, 5.74) is 0.426. The number of aromatic nitrogens is 5. The summed E-state index contributed by atoms with van der Waals surface area (Å²) in [6, 6.07) is 13.1. The summed E-state index contributed by atoms with van der Waals surface area (Å²) >= 11 is 1.60. The van der Waals surface area contributed by atoms with Crippen molar-refractivity contribution in [3.63, 3.8) is 0 Å². The predicted molar refractivity (Wildman–Crippen MR) is 108 cm³/mol. The fraction of sp³-hybridized carbons (Fsp3) is 0.100. The molecule has 29 heavy (non-hydrogen) atoms. The molecule has 0 fully saturated rings. The summed E-state index contributed by atoms with van der Waals surface area (Å²) in [6.45, 7) is 0.111. The van der Waals surface area contributed by atoms with Gasteiger partial charge in [-0.1, -0.05) is 17.3 Å². The average molecular weight is 409 g/mol. The van der Waals surface area contributed by atoms with Crippen LogP contribution in [0, 0.1) is 5.82 Å². The Balaban J connectivity index is 1.63. The van der Waals surface area contributed by atoms with E-state index in [4.69, 9.17) is 0 Å². The zero-order valence-electron chi connectivity index (χ0n) is 15.4. The van der Waals surface area contributed by atoms with E-state index in [1.54, 1.807) is 22.6 Å². The van der Waals surface area contributed by atoms with Crippen molar-refractivity contribution in [2.75, 3.05) is 6.26 Å². The van der Waals surface area contributed by atoms with Gasteiger partial charge in [-0.15, -0.1) is 16.9 Å². The fourth-order valence-corrected chi connectivity index (χ4v) is 3.51. The third-order valence-electron chi connectivity index (χ3n) is 4.37. The van der Waals surface area contributed by atoms with Crippen molar-refractivity contribution in [2.24, 2.45) is 0 Å². The van der Waals surface area contributed by atoms with Crippen LogP contribution in [-0.4, -0.2) is 30.4 Å². The molecule has 0 spiro atoms.